The molecule has 2 N–H and O–H groups in total. The van der Waals surface area contributed by atoms with Crippen molar-refractivity contribution in [3.8, 4) is 0 Å². The third kappa shape index (κ3) is 5.00. The van der Waals surface area contributed by atoms with Crippen LogP contribution in [0.4, 0.5) is 0 Å². The molecule has 1 saturated heterocycles. The second kappa shape index (κ2) is 9.11. The summed E-state index contributed by atoms with van der Waals surface area (Å²) in [5.41, 5.74) is 1.74. The van der Waals surface area contributed by atoms with E-state index in [0.717, 1.165) is 11.1 Å². The van der Waals surface area contributed by atoms with Gasteiger partial charge in [-0.1, -0.05) is 42.0 Å². The molecule has 24 heavy (non-hydrogen) atoms. The van der Waals surface area contributed by atoms with Crippen LogP contribution in [0.2, 0.25) is 0 Å². The van der Waals surface area contributed by atoms with E-state index in [4.69, 9.17) is 14.2 Å². The van der Waals surface area contributed by atoms with Gasteiger partial charge in [0.2, 0.25) is 0 Å². The van der Waals surface area contributed by atoms with Gasteiger partial charge in [0.15, 0.2) is 6.29 Å². The zero-order valence-corrected chi connectivity index (χ0v) is 14.0. The van der Waals surface area contributed by atoms with Gasteiger partial charge < -0.3 is 24.4 Å². The molecule has 5 atom stereocenters. The van der Waals surface area contributed by atoms with E-state index in [2.05, 4.69) is 13.2 Å². The van der Waals surface area contributed by atoms with Crippen LogP contribution < -0.4 is 0 Å². The van der Waals surface area contributed by atoms with Gasteiger partial charge in [0.1, 0.15) is 18.3 Å². The molecule has 0 bridgehead atoms. The van der Waals surface area contributed by atoms with Crippen LogP contribution in [-0.4, -0.2) is 47.8 Å². The Bertz CT molecular complexity index is 530. The molecule has 0 saturated carbocycles. The molecule has 1 aromatic rings. The van der Waals surface area contributed by atoms with Gasteiger partial charge in [-0.05, 0) is 13.3 Å². The van der Waals surface area contributed by atoms with Crippen molar-refractivity contribution >= 4 is 0 Å². The highest BCUT2D eigenvalue weighted by molar-refractivity contribution is 5.16. The van der Waals surface area contributed by atoms with E-state index < -0.39 is 30.7 Å². The summed E-state index contributed by atoms with van der Waals surface area (Å²) < 4.78 is 17.5. The minimum atomic E-state index is -0.829. The topological polar surface area (TPSA) is 68.2 Å². The largest absolute Gasteiger partial charge is 0.394 e. The number of hydrogen-bond donors (Lipinski definition) is 2. The summed E-state index contributed by atoms with van der Waals surface area (Å²) in [4.78, 5) is 0. The lowest BCUT2D eigenvalue weighted by Crippen LogP contribution is -2.46. The number of rotatable bonds is 8. The van der Waals surface area contributed by atoms with Crippen LogP contribution in [0.5, 0.6) is 0 Å². The number of aliphatic hydroxyl groups is 2. The molecule has 1 aliphatic rings. The average Bonchev–Trinajstić information content (AvgIpc) is 2.59. The van der Waals surface area contributed by atoms with Crippen LogP contribution in [0.1, 0.15) is 25.2 Å². The maximum atomic E-state index is 10.1. The Morgan fingerprint density at radius 1 is 1.42 bits per heavy atom. The first-order valence-electron chi connectivity index (χ1n) is 8.08. The van der Waals surface area contributed by atoms with E-state index in [1.54, 1.807) is 6.08 Å². The predicted octanol–water partition coefficient (Wildman–Crippen LogP) is 2.36. The minimum absolute atomic E-state index is 0.284. The van der Waals surface area contributed by atoms with Crippen molar-refractivity contribution in [3.63, 3.8) is 0 Å². The van der Waals surface area contributed by atoms with Crippen molar-refractivity contribution in [3.05, 3.63) is 60.7 Å². The Balaban J connectivity index is 1.98. The fourth-order valence-electron chi connectivity index (χ4n) is 2.62. The molecule has 0 unspecified atom stereocenters. The first kappa shape index (κ1) is 18.8. The molecule has 0 amide bonds. The normalized spacial score (nSPS) is 26.5. The van der Waals surface area contributed by atoms with Crippen LogP contribution in [0.3, 0.4) is 0 Å². The van der Waals surface area contributed by atoms with Gasteiger partial charge in [0.25, 0.3) is 0 Å². The number of ether oxygens (including phenoxy) is 3. The zero-order valence-electron chi connectivity index (χ0n) is 14.0. The minimum Gasteiger partial charge on any atom is -0.394 e. The van der Waals surface area contributed by atoms with E-state index >= 15 is 0 Å². The average molecular weight is 334 g/mol. The summed E-state index contributed by atoms with van der Waals surface area (Å²) >= 11 is 0. The van der Waals surface area contributed by atoms with Crippen molar-refractivity contribution in [2.24, 2.45) is 0 Å². The second-order valence-electron chi connectivity index (χ2n) is 6.04. The van der Waals surface area contributed by atoms with Crippen molar-refractivity contribution < 1.29 is 24.4 Å². The molecule has 5 nitrogen and oxygen atoms in total. The quantitative estimate of drug-likeness (QED) is 0.714. The van der Waals surface area contributed by atoms with Gasteiger partial charge in [0.05, 0.1) is 19.3 Å². The van der Waals surface area contributed by atoms with Gasteiger partial charge in [-0.3, -0.25) is 0 Å². The summed E-state index contributed by atoms with van der Waals surface area (Å²) in [6, 6.07) is 9.63. The van der Waals surface area contributed by atoms with Crippen LogP contribution in [0, 0.1) is 0 Å². The number of benzene rings is 1. The van der Waals surface area contributed by atoms with Crippen molar-refractivity contribution in [2.75, 3.05) is 13.2 Å². The van der Waals surface area contributed by atoms with Crippen molar-refractivity contribution in [2.45, 2.75) is 44.1 Å². The lowest BCUT2D eigenvalue weighted by Gasteiger charge is -2.37. The molecule has 5 heteroatoms. The highest BCUT2D eigenvalue weighted by Crippen LogP contribution is 2.29. The van der Waals surface area contributed by atoms with Crippen molar-refractivity contribution in [1.29, 1.82) is 0 Å². The molecule has 1 fully saturated rings. The van der Waals surface area contributed by atoms with Gasteiger partial charge in [-0.2, -0.15) is 0 Å². The van der Waals surface area contributed by atoms with Gasteiger partial charge in [-0.15, -0.1) is 13.2 Å². The van der Waals surface area contributed by atoms with Gasteiger partial charge in [0, 0.05) is 5.56 Å². The molecular formula is C19H26O5. The standard InChI is InChI=1S/C19H26O5/c1-4-16-18(23-17(11-20)15(21)10-13(2)3)12-22-19(24-16)14-8-6-5-7-9-14/h4-9,15-21H,1-2,10-12H2,3H3/t15-,16+,17+,18-,19-/m1/s1. The molecule has 132 valence electrons. The molecular weight excluding hydrogens is 308 g/mol. The Morgan fingerprint density at radius 2 is 2.12 bits per heavy atom. The molecule has 2 rings (SSSR count). The summed E-state index contributed by atoms with van der Waals surface area (Å²) in [6.45, 7) is 9.37. The molecule has 1 heterocycles. The third-order valence-electron chi connectivity index (χ3n) is 3.88. The molecule has 0 spiro atoms. The van der Waals surface area contributed by atoms with Crippen LogP contribution in [0.25, 0.3) is 0 Å². The highest BCUT2D eigenvalue weighted by Gasteiger charge is 2.34. The fourth-order valence-corrected chi connectivity index (χ4v) is 2.62. The maximum Gasteiger partial charge on any atom is 0.184 e. The van der Waals surface area contributed by atoms with Crippen LogP contribution in [-0.2, 0) is 14.2 Å². The molecule has 1 aliphatic heterocycles. The highest BCUT2D eigenvalue weighted by atomic mass is 16.7. The van der Waals surface area contributed by atoms with E-state index in [1.807, 2.05) is 37.3 Å². The zero-order chi connectivity index (χ0) is 17.5. The van der Waals surface area contributed by atoms with Gasteiger partial charge >= 0.3 is 0 Å². The van der Waals surface area contributed by atoms with E-state index in [0.29, 0.717) is 6.42 Å². The smallest absolute Gasteiger partial charge is 0.184 e. The van der Waals surface area contributed by atoms with Crippen molar-refractivity contribution in [1.82, 2.24) is 0 Å². The molecule has 1 aromatic carbocycles. The van der Waals surface area contributed by atoms with Crippen LogP contribution >= 0.6 is 0 Å². The number of aliphatic hydroxyl groups excluding tert-OH is 2. The van der Waals surface area contributed by atoms with Crippen LogP contribution in [0.15, 0.2) is 55.1 Å². The maximum absolute atomic E-state index is 10.1. The Labute approximate surface area is 143 Å². The SMILES string of the molecule is C=C[C@@H]1O[C@H](c2ccccc2)OC[C@H]1O[C@@H](CO)[C@H](O)CC(=C)C. The number of hydrogen-bond acceptors (Lipinski definition) is 5. The monoisotopic (exact) mass is 334 g/mol. The Kier molecular flexibility index (Phi) is 7.15. The lowest BCUT2D eigenvalue weighted by atomic mass is 10.1. The van der Waals surface area contributed by atoms with E-state index in [1.165, 1.54) is 0 Å². The lowest BCUT2D eigenvalue weighted by molar-refractivity contribution is -0.267. The Morgan fingerprint density at radius 3 is 2.71 bits per heavy atom. The first-order valence-corrected chi connectivity index (χ1v) is 8.08. The summed E-state index contributed by atoms with van der Waals surface area (Å²) in [6.07, 6.45) is -0.857. The molecule has 0 aliphatic carbocycles. The second-order valence-corrected chi connectivity index (χ2v) is 6.04. The van der Waals surface area contributed by atoms with E-state index in [9.17, 15) is 10.2 Å². The van der Waals surface area contributed by atoms with E-state index in [-0.39, 0.29) is 13.2 Å². The Hall–Kier alpha value is -1.50. The fraction of sp³-hybridized carbons (Fsp3) is 0.474. The summed E-state index contributed by atoms with van der Waals surface area (Å²) in [7, 11) is 0. The third-order valence-corrected chi connectivity index (χ3v) is 3.88. The summed E-state index contributed by atoms with van der Waals surface area (Å²) in [5.74, 6) is 0. The van der Waals surface area contributed by atoms with Gasteiger partial charge in [-0.25, -0.2) is 0 Å². The molecule has 0 aromatic heterocycles. The summed E-state index contributed by atoms with van der Waals surface area (Å²) in [5, 5.41) is 19.7. The molecule has 0 radical (unpaired) electrons. The predicted molar refractivity (Wildman–Crippen MR) is 91.4 cm³/mol. The first-order chi connectivity index (χ1) is 11.5.